The Morgan fingerprint density at radius 1 is 1.29 bits per heavy atom. The standard InChI is InChI=1S/C11H11NO5/c13-6-8-1-2-10(5-9(8)7-14)17-4-3-12-11(15)16/h1-2,5-7,12H,3-4H2,(H,15,16). The zero-order valence-corrected chi connectivity index (χ0v) is 8.88. The van der Waals surface area contributed by atoms with Crippen molar-refractivity contribution in [3.05, 3.63) is 29.3 Å². The number of hydrogen-bond donors (Lipinski definition) is 2. The molecule has 0 aliphatic rings. The summed E-state index contributed by atoms with van der Waals surface area (Å²) in [5.74, 6) is 0.407. The molecule has 0 aliphatic carbocycles. The SMILES string of the molecule is O=Cc1ccc(OCCNC(=O)O)cc1C=O. The fraction of sp³-hybridized carbons (Fsp3) is 0.182. The summed E-state index contributed by atoms with van der Waals surface area (Å²) in [6, 6.07) is 4.44. The van der Waals surface area contributed by atoms with Crippen molar-refractivity contribution in [1.82, 2.24) is 5.32 Å². The van der Waals surface area contributed by atoms with Gasteiger partial charge in [0.1, 0.15) is 12.4 Å². The Balaban J connectivity index is 2.57. The Morgan fingerprint density at radius 2 is 2.00 bits per heavy atom. The normalized spacial score (nSPS) is 9.41. The summed E-state index contributed by atoms with van der Waals surface area (Å²) in [5.41, 5.74) is 0.528. The molecule has 0 atom stereocenters. The van der Waals surface area contributed by atoms with E-state index in [2.05, 4.69) is 5.32 Å². The van der Waals surface area contributed by atoms with Crippen LogP contribution in [0.2, 0.25) is 0 Å². The van der Waals surface area contributed by atoms with Crippen LogP contribution in [0, 0.1) is 0 Å². The van der Waals surface area contributed by atoms with E-state index in [1.165, 1.54) is 18.2 Å². The molecule has 0 saturated heterocycles. The summed E-state index contributed by atoms with van der Waals surface area (Å²) in [6.07, 6.45) is 0.0180. The van der Waals surface area contributed by atoms with Gasteiger partial charge in [-0.15, -0.1) is 0 Å². The maximum atomic E-state index is 10.7. The minimum absolute atomic E-state index is 0.140. The van der Waals surface area contributed by atoms with E-state index in [4.69, 9.17) is 9.84 Å². The van der Waals surface area contributed by atoms with Crippen molar-refractivity contribution in [3.63, 3.8) is 0 Å². The number of carboxylic acid groups (broad SMARTS) is 1. The summed E-state index contributed by atoms with van der Waals surface area (Å²) < 4.78 is 5.20. The van der Waals surface area contributed by atoms with Crippen molar-refractivity contribution in [1.29, 1.82) is 0 Å². The average Bonchev–Trinajstić information content (AvgIpc) is 2.34. The van der Waals surface area contributed by atoms with Crippen molar-refractivity contribution >= 4 is 18.7 Å². The molecule has 0 heterocycles. The Kier molecular flexibility index (Phi) is 4.68. The predicted octanol–water partition coefficient (Wildman–Crippen LogP) is 0.958. The molecule has 0 fully saturated rings. The van der Waals surface area contributed by atoms with Gasteiger partial charge >= 0.3 is 6.09 Å². The first-order chi connectivity index (χ1) is 8.17. The first-order valence-corrected chi connectivity index (χ1v) is 4.81. The van der Waals surface area contributed by atoms with E-state index < -0.39 is 6.09 Å². The highest BCUT2D eigenvalue weighted by Crippen LogP contribution is 2.15. The second-order valence-corrected chi connectivity index (χ2v) is 3.11. The Hall–Kier alpha value is -2.37. The number of ether oxygens (including phenoxy) is 1. The van der Waals surface area contributed by atoms with E-state index in [1.807, 2.05) is 0 Å². The van der Waals surface area contributed by atoms with E-state index in [1.54, 1.807) is 0 Å². The van der Waals surface area contributed by atoms with Gasteiger partial charge in [-0.2, -0.15) is 0 Å². The largest absolute Gasteiger partial charge is 0.492 e. The lowest BCUT2D eigenvalue weighted by atomic mass is 10.1. The highest BCUT2D eigenvalue weighted by molar-refractivity contribution is 5.90. The second-order valence-electron chi connectivity index (χ2n) is 3.11. The summed E-state index contributed by atoms with van der Waals surface area (Å²) in [4.78, 5) is 31.4. The third kappa shape index (κ3) is 3.94. The fourth-order valence-corrected chi connectivity index (χ4v) is 1.18. The van der Waals surface area contributed by atoms with Crippen molar-refractivity contribution in [2.45, 2.75) is 0 Å². The summed E-state index contributed by atoms with van der Waals surface area (Å²) in [5, 5.41) is 10.4. The number of nitrogens with one attached hydrogen (secondary N) is 1. The Morgan fingerprint density at radius 3 is 2.59 bits per heavy atom. The molecule has 2 N–H and O–H groups in total. The quantitative estimate of drug-likeness (QED) is 0.567. The second kappa shape index (κ2) is 6.26. The van der Waals surface area contributed by atoms with Crippen molar-refractivity contribution in [3.8, 4) is 5.75 Å². The van der Waals surface area contributed by atoms with Crippen LogP contribution in [0.1, 0.15) is 20.7 Å². The predicted molar refractivity (Wildman–Crippen MR) is 58.7 cm³/mol. The number of amides is 1. The smallest absolute Gasteiger partial charge is 0.404 e. The fourth-order valence-electron chi connectivity index (χ4n) is 1.18. The van der Waals surface area contributed by atoms with Gasteiger partial charge in [-0.1, -0.05) is 0 Å². The summed E-state index contributed by atoms with van der Waals surface area (Å²) in [7, 11) is 0. The number of hydrogen-bond acceptors (Lipinski definition) is 4. The summed E-state index contributed by atoms with van der Waals surface area (Å²) in [6.45, 7) is 0.284. The third-order valence-electron chi connectivity index (χ3n) is 1.96. The molecular formula is C11H11NO5. The molecule has 0 spiro atoms. The molecule has 90 valence electrons. The lowest BCUT2D eigenvalue weighted by Gasteiger charge is -2.07. The molecule has 1 aromatic rings. The lowest BCUT2D eigenvalue weighted by molar-refractivity contribution is 0.109. The van der Waals surface area contributed by atoms with Crippen LogP contribution in [0.25, 0.3) is 0 Å². The molecule has 1 rings (SSSR count). The van der Waals surface area contributed by atoms with Gasteiger partial charge in [0.05, 0.1) is 6.54 Å². The molecule has 1 amide bonds. The molecule has 6 heteroatoms. The van der Waals surface area contributed by atoms with Crippen molar-refractivity contribution in [2.75, 3.05) is 13.2 Å². The van der Waals surface area contributed by atoms with Gasteiger partial charge < -0.3 is 15.2 Å². The molecule has 6 nitrogen and oxygen atoms in total. The van der Waals surface area contributed by atoms with Gasteiger partial charge in [0.15, 0.2) is 12.6 Å². The van der Waals surface area contributed by atoms with Crippen molar-refractivity contribution in [2.24, 2.45) is 0 Å². The zero-order chi connectivity index (χ0) is 12.7. The van der Waals surface area contributed by atoms with Gasteiger partial charge in [-0.05, 0) is 18.2 Å². The molecule has 0 aromatic heterocycles. The van der Waals surface area contributed by atoms with Crippen LogP contribution in [0.5, 0.6) is 5.75 Å². The minimum Gasteiger partial charge on any atom is -0.492 e. The van der Waals surface area contributed by atoms with E-state index in [9.17, 15) is 14.4 Å². The molecule has 1 aromatic carbocycles. The first kappa shape index (κ1) is 12.7. The van der Waals surface area contributed by atoms with Gasteiger partial charge in [-0.25, -0.2) is 4.79 Å². The number of carbonyl (C=O) groups is 3. The zero-order valence-electron chi connectivity index (χ0n) is 8.88. The van der Waals surface area contributed by atoms with Gasteiger partial charge in [0.25, 0.3) is 0 Å². The topological polar surface area (TPSA) is 92.7 Å². The molecule has 0 unspecified atom stereocenters. The third-order valence-corrected chi connectivity index (χ3v) is 1.96. The van der Waals surface area contributed by atoms with E-state index in [0.29, 0.717) is 18.3 Å². The van der Waals surface area contributed by atoms with Crippen LogP contribution in [-0.2, 0) is 0 Å². The van der Waals surface area contributed by atoms with E-state index in [0.717, 1.165) is 0 Å². The lowest BCUT2D eigenvalue weighted by Crippen LogP contribution is -2.26. The minimum atomic E-state index is -1.13. The van der Waals surface area contributed by atoms with Gasteiger partial charge in [-0.3, -0.25) is 9.59 Å². The molecule has 17 heavy (non-hydrogen) atoms. The molecule has 0 radical (unpaired) electrons. The van der Waals surface area contributed by atoms with E-state index in [-0.39, 0.29) is 24.3 Å². The van der Waals surface area contributed by atoms with Crippen LogP contribution in [-0.4, -0.2) is 36.9 Å². The van der Waals surface area contributed by atoms with Gasteiger partial charge in [0, 0.05) is 11.1 Å². The van der Waals surface area contributed by atoms with Crippen LogP contribution < -0.4 is 10.1 Å². The van der Waals surface area contributed by atoms with E-state index >= 15 is 0 Å². The maximum absolute atomic E-state index is 10.7. The number of carbonyl (C=O) groups excluding carboxylic acids is 2. The number of aldehydes is 2. The van der Waals surface area contributed by atoms with Crippen LogP contribution in [0.15, 0.2) is 18.2 Å². The average molecular weight is 237 g/mol. The number of benzene rings is 1. The van der Waals surface area contributed by atoms with Crippen LogP contribution in [0.4, 0.5) is 4.79 Å². The first-order valence-electron chi connectivity index (χ1n) is 4.81. The highest BCUT2D eigenvalue weighted by atomic mass is 16.5. The highest BCUT2D eigenvalue weighted by Gasteiger charge is 2.03. The molecule has 0 bridgehead atoms. The Labute approximate surface area is 97.2 Å². The maximum Gasteiger partial charge on any atom is 0.404 e. The number of rotatable bonds is 6. The molecular weight excluding hydrogens is 226 g/mol. The van der Waals surface area contributed by atoms with Crippen LogP contribution in [0.3, 0.4) is 0 Å². The summed E-state index contributed by atoms with van der Waals surface area (Å²) >= 11 is 0. The monoisotopic (exact) mass is 237 g/mol. The Bertz CT molecular complexity index is 430. The van der Waals surface area contributed by atoms with Crippen LogP contribution >= 0.6 is 0 Å². The molecule has 0 saturated carbocycles. The van der Waals surface area contributed by atoms with Crippen molar-refractivity contribution < 1.29 is 24.2 Å². The van der Waals surface area contributed by atoms with Gasteiger partial charge in [0.2, 0.25) is 0 Å². The molecule has 0 aliphatic heterocycles.